The van der Waals surface area contributed by atoms with E-state index >= 15 is 0 Å². The minimum Gasteiger partial charge on any atom is -0.480 e. The Balaban J connectivity index is 4.40. The molecule has 0 unspecified atom stereocenters. The number of esters is 1. The molecule has 0 aromatic carbocycles. The van der Waals surface area contributed by atoms with Crippen molar-refractivity contribution in [2.24, 2.45) is 0 Å². The highest BCUT2D eigenvalue weighted by Gasteiger charge is 2.24. The van der Waals surface area contributed by atoms with E-state index in [0.29, 0.717) is 0 Å². The van der Waals surface area contributed by atoms with Gasteiger partial charge in [-0.25, -0.2) is 0 Å². The smallest absolute Gasteiger partial charge is 0.321 e. The zero-order valence-corrected chi connectivity index (χ0v) is 11.5. The summed E-state index contributed by atoms with van der Waals surface area (Å²) in [7, 11) is -1.40. The van der Waals surface area contributed by atoms with E-state index < -0.39 is 28.2 Å². The third-order valence-corrected chi connectivity index (χ3v) is 3.24. The SMILES string of the molecule is COCCNS(=O)(=O)N[C@@H](CCC(=O)OC)C(=O)O. The van der Waals surface area contributed by atoms with Gasteiger partial charge in [0.1, 0.15) is 6.04 Å². The summed E-state index contributed by atoms with van der Waals surface area (Å²) < 4.78 is 36.0. The van der Waals surface area contributed by atoms with Crippen molar-refractivity contribution in [1.29, 1.82) is 0 Å². The molecular weight excluding hydrogens is 280 g/mol. The molecule has 10 heteroatoms. The first kappa shape index (κ1) is 17.8. The molecule has 0 aliphatic carbocycles. The van der Waals surface area contributed by atoms with Crippen LogP contribution in [0.15, 0.2) is 0 Å². The highest BCUT2D eigenvalue weighted by Crippen LogP contribution is 2.01. The Morgan fingerprint density at radius 3 is 2.42 bits per heavy atom. The van der Waals surface area contributed by atoms with Gasteiger partial charge in [0.2, 0.25) is 0 Å². The predicted octanol–water partition coefficient (Wildman–Crippen LogP) is -1.54. The maximum Gasteiger partial charge on any atom is 0.321 e. The Bertz CT molecular complexity index is 395. The van der Waals surface area contributed by atoms with Gasteiger partial charge in [0.05, 0.1) is 13.7 Å². The second kappa shape index (κ2) is 8.80. The topological polar surface area (TPSA) is 131 Å². The summed E-state index contributed by atoms with van der Waals surface area (Å²) >= 11 is 0. The zero-order chi connectivity index (χ0) is 14.9. The summed E-state index contributed by atoms with van der Waals surface area (Å²) in [4.78, 5) is 21.8. The average molecular weight is 298 g/mol. The number of hydrogen-bond donors (Lipinski definition) is 3. The number of carboxylic acids is 1. The molecule has 3 N–H and O–H groups in total. The molecule has 0 heterocycles. The van der Waals surface area contributed by atoms with Gasteiger partial charge in [-0.1, -0.05) is 0 Å². The van der Waals surface area contributed by atoms with Crippen LogP contribution in [0.4, 0.5) is 0 Å². The van der Waals surface area contributed by atoms with Crippen LogP contribution in [-0.4, -0.2) is 58.9 Å². The van der Waals surface area contributed by atoms with Gasteiger partial charge >= 0.3 is 11.9 Å². The summed E-state index contributed by atoms with van der Waals surface area (Å²) in [5, 5.41) is 8.86. The monoisotopic (exact) mass is 298 g/mol. The lowest BCUT2D eigenvalue weighted by Gasteiger charge is -2.14. The molecule has 0 saturated carbocycles. The van der Waals surface area contributed by atoms with E-state index in [9.17, 15) is 18.0 Å². The summed E-state index contributed by atoms with van der Waals surface area (Å²) in [5.41, 5.74) is 0. The van der Waals surface area contributed by atoms with Crippen LogP contribution in [0.3, 0.4) is 0 Å². The van der Waals surface area contributed by atoms with E-state index in [0.717, 1.165) is 7.11 Å². The molecule has 0 saturated heterocycles. The van der Waals surface area contributed by atoms with Crippen molar-refractivity contribution in [3.8, 4) is 0 Å². The quantitative estimate of drug-likeness (QED) is 0.329. The van der Waals surface area contributed by atoms with E-state index in [1.54, 1.807) is 0 Å². The fourth-order valence-corrected chi connectivity index (χ4v) is 2.13. The van der Waals surface area contributed by atoms with E-state index in [1.807, 2.05) is 4.72 Å². The van der Waals surface area contributed by atoms with Crippen molar-refractivity contribution in [3.05, 3.63) is 0 Å². The van der Waals surface area contributed by atoms with Crippen LogP contribution in [-0.2, 0) is 29.3 Å². The van der Waals surface area contributed by atoms with E-state index in [2.05, 4.69) is 14.2 Å². The van der Waals surface area contributed by atoms with Crippen molar-refractivity contribution >= 4 is 22.1 Å². The molecular formula is C9H18N2O7S. The number of ether oxygens (including phenoxy) is 2. The second-order valence-corrected chi connectivity index (χ2v) is 5.05. The Morgan fingerprint density at radius 2 is 1.95 bits per heavy atom. The van der Waals surface area contributed by atoms with Gasteiger partial charge in [0.25, 0.3) is 10.2 Å². The molecule has 0 fully saturated rings. The minimum absolute atomic E-state index is 0.00910. The maximum atomic E-state index is 11.5. The Hall–Kier alpha value is -1.23. The van der Waals surface area contributed by atoms with Crippen LogP contribution >= 0.6 is 0 Å². The number of carbonyl (C=O) groups is 2. The fourth-order valence-electron chi connectivity index (χ4n) is 1.10. The number of aliphatic carboxylic acids is 1. The zero-order valence-electron chi connectivity index (χ0n) is 10.7. The van der Waals surface area contributed by atoms with Gasteiger partial charge in [0, 0.05) is 20.1 Å². The first-order chi connectivity index (χ1) is 8.82. The van der Waals surface area contributed by atoms with Crippen LogP contribution in [0.5, 0.6) is 0 Å². The molecule has 19 heavy (non-hydrogen) atoms. The molecule has 0 aliphatic rings. The van der Waals surface area contributed by atoms with Crippen LogP contribution in [0.2, 0.25) is 0 Å². The molecule has 0 rings (SSSR count). The highest BCUT2D eigenvalue weighted by atomic mass is 32.2. The number of methoxy groups -OCH3 is 2. The Morgan fingerprint density at radius 1 is 1.32 bits per heavy atom. The number of nitrogens with one attached hydrogen (secondary N) is 2. The van der Waals surface area contributed by atoms with Gasteiger partial charge in [-0.2, -0.15) is 17.9 Å². The number of hydrogen-bond acceptors (Lipinski definition) is 6. The van der Waals surface area contributed by atoms with E-state index in [4.69, 9.17) is 5.11 Å². The summed E-state index contributed by atoms with van der Waals surface area (Å²) in [6, 6.07) is -1.40. The van der Waals surface area contributed by atoms with Crippen molar-refractivity contribution in [2.45, 2.75) is 18.9 Å². The molecule has 112 valence electrons. The van der Waals surface area contributed by atoms with Gasteiger partial charge in [0.15, 0.2) is 0 Å². The fraction of sp³-hybridized carbons (Fsp3) is 0.778. The molecule has 9 nitrogen and oxygen atoms in total. The highest BCUT2D eigenvalue weighted by molar-refractivity contribution is 7.87. The molecule has 0 aliphatic heterocycles. The summed E-state index contributed by atoms with van der Waals surface area (Å²) in [6.45, 7) is 0.163. The molecule has 0 aromatic rings. The third kappa shape index (κ3) is 8.48. The second-order valence-electron chi connectivity index (χ2n) is 3.51. The lowest BCUT2D eigenvalue weighted by molar-refractivity contribution is -0.142. The average Bonchev–Trinajstić information content (AvgIpc) is 2.33. The van der Waals surface area contributed by atoms with Gasteiger partial charge < -0.3 is 14.6 Å². The molecule has 0 spiro atoms. The Kier molecular flexibility index (Phi) is 8.23. The van der Waals surface area contributed by atoms with E-state index in [1.165, 1.54) is 7.11 Å². The molecule has 0 radical (unpaired) electrons. The van der Waals surface area contributed by atoms with Crippen LogP contribution in [0.1, 0.15) is 12.8 Å². The first-order valence-corrected chi connectivity index (χ1v) is 6.86. The largest absolute Gasteiger partial charge is 0.480 e. The van der Waals surface area contributed by atoms with Crippen molar-refractivity contribution in [1.82, 2.24) is 9.44 Å². The van der Waals surface area contributed by atoms with E-state index in [-0.39, 0.29) is 26.0 Å². The minimum atomic E-state index is -3.97. The number of carbonyl (C=O) groups excluding carboxylic acids is 1. The standard InChI is InChI=1S/C9H18N2O7S/c1-17-6-5-10-19(15,16)11-7(9(13)14)3-4-8(12)18-2/h7,10-11H,3-6H2,1-2H3,(H,13,14)/t7-/m0/s1. The Labute approximate surface area is 111 Å². The van der Waals surface area contributed by atoms with Crippen molar-refractivity contribution in [3.63, 3.8) is 0 Å². The summed E-state index contributed by atoms with van der Waals surface area (Å²) in [6.07, 6.45) is -0.402. The number of rotatable bonds is 10. The van der Waals surface area contributed by atoms with Crippen molar-refractivity contribution in [2.75, 3.05) is 27.4 Å². The van der Waals surface area contributed by atoms with Crippen LogP contribution in [0.25, 0.3) is 0 Å². The molecule has 0 bridgehead atoms. The van der Waals surface area contributed by atoms with Crippen molar-refractivity contribution < 1.29 is 32.6 Å². The maximum absolute atomic E-state index is 11.5. The molecule has 0 aromatic heterocycles. The normalized spacial score (nSPS) is 12.9. The van der Waals surface area contributed by atoms with Crippen LogP contribution in [0, 0.1) is 0 Å². The van der Waals surface area contributed by atoms with Crippen LogP contribution < -0.4 is 9.44 Å². The van der Waals surface area contributed by atoms with Gasteiger partial charge in [-0.05, 0) is 6.42 Å². The summed E-state index contributed by atoms with van der Waals surface area (Å²) in [5.74, 6) is -1.99. The van der Waals surface area contributed by atoms with Gasteiger partial charge in [-0.15, -0.1) is 0 Å². The molecule has 0 amide bonds. The lowest BCUT2D eigenvalue weighted by Crippen LogP contribution is -2.47. The van der Waals surface area contributed by atoms with Gasteiger partial charge in [-0.3, -0.25) is 9.59 Å². The first-order valence-electron chi connectivity index (χ1n) is 5.38. The molecule has 1 atom stereocenters. The lowest BCUT2D eigenvalue weighted by atomic mass is 10.2. The predicted molar refractivity (Wildman–Crippen MR) is 64.6 cm³/mol. The third-order valence-electron chi connectivity index (χ3n) is 2.06. The number of carboxylic acid groups (broad SMARTS) is 1.